The largest absolute Gasteiger partial charge is 0.378 e. The zero-order valence-electron chi connectivity index (χ0n) is 20.3. The van der Waals surface area contributed by atoms with Gasteiger partial charge in [-0.3, -0.25) is 0 Å². The Bertz CT molecular complexity index is 1280. The van der Waals surface area contributed by atoms with Gasteiger partial charge in [-0.1, -0.05) is 19.4 Å². The fraction of sp³-hybridized carbons (Fsp3) is 0.286. The summed E-state index contributed by atoms with van der Waals surface area (Å²) in [7, 11) is 0. The highest BCUT2D eigenvalue weighted by Gasteiger charge is 2.23. The number of hydrogen-bond donors (Lipinski definition) is 3. The van der Waals surface area contributed by atoms with Gasteiger partial charge in [0.2, 0.25) is 0 Å². The molecule has 4 heterocycles. The molecule has 0 saturated carbocycles. The van der Waals surface area contributed by atoms with Crippen LogP contribution in [-0.4, -0.2) is 48.3 Å². The van der Waals surface area contributed by atoms with E-state index in [1.807, 2.05) is 42.5 Å². The van der Waals surface area contributed by atoms with Crippen LogP contribution in [0.5, 0.6) is 0 Å². The average molecular weight is 483 g/mol. The second-order valence-corrected chi connectivity index (χ2v) is 8.88. The Morgan fingerprint density at radius 2 is 1.97 bits per heavy atom. The summed E-state index contributed by atoms with van der Waals surface area (Å²) < 4.78 is 5.46. The zero-order chi connectivity index (χ0) is 24.9. The zero-order valence-corrected chi connectivity index (χ0v) is 20.3. The maximum atomic E-state index is 11.9. The number of carbonyl (C=O) groups excluding carboxylic acids is 1. The molecule has 1 atom stereocenters. The number of nitrogens with zero attached hydrogens (tertiary/aromatic N) is 3. The quantitative estimate of drug-likeness (QED) is 0.316. The normalized spacial score (nSPS) is 16.7. The Morgan fingerprint density at radius 3 is 2.72 bits per heavy atom. The Balaban J connectivity index is 1.50. The molecule has 3 aromatic rings. The highest BCUT2D eigenvalue weighted by Crippen LogP contribution is 2.34. The van der Waals surface area contributed by atoms with Gasteiger partial charge in [0, 0.05) is 30.0 Å². The summed E-state index contributed by atoms with van der Waals surface area (Å²) in [5, 5.41) is 14.9. The second-order valence-electron chi connectivity index (χ2n) is 8.88. The number of aldehydes is 1. The van der Waals surface area contributed by atoms with Crippen molar-refractivity contribution in [1.82, 2.24) is 15.3 Å². The predicted molar refractivity (Wildman–Crippen MR) is 143 cm³/mol. The van der Waals surface area contributed by atoms with Gasteiger partial charge >= 0.3 is 0 Å². The van der Waals surface area contributed by atoms with Crippen molar-refractivity contribution in [3.05, 3.63) is 71.6 Å². The minimum absolute atomic E-state index is 0.501. The van der Waals surface area contributed by atoms with Crippen LogP contribution in [0, 0.1) is 5.41 Å². The molecular weight excluding hydrogens is 452 g/mol. The van der Waals surface area contributed by atoms with Gasteiger partial charge in [-0.05, 0) is 66.7 Å². The molecule has 2 aromatic heterocycles. The lowest BCUT2D eigenvalue weighted by atomic mass is 9.97. The number of ether oxygens (including phenoxy) is 1. The minimum atomic E-state index is -0.501. The van der Waals surface area contributed by atoms with Crippen molar-refractivity contribution in [1.29, 1.82) is 5.41 Å². The Kier molecular flexibility index (Phi) is 7.04. The first kappa shape index (κ1) is 23.7. The standard InChI is InChI=1S/C28H30N6O2/c1-2-4-22(29)23-5-3-6-24(32-23)25-17-19-11-12-30-26(18-35)27(19)28(33-25)31-20-7-9-21(10-8-20)34-13-15-36-16-14-34/h3,5-12,17-18,26,29-30H,2,4,13-16H2,1H3,(H,31,33). The third kappa shape index (κ3) is 4.99. The van der Waals surface area contributed by atoms with E-state index < -0.39 is 6.04 Å². The fourth-order valence-electron chi connectivity index (χ4n) is 4.54. The number of rotatable bonds is 8. The molecule has 1 aromatic carbocycles. The first-order valence-corrected chi connectivity index (χ1v) is 12.3. The van der Waals surface area contributed by atoms with Crippen molar-refractivity contribution in [2.24, 2.45) is 0 Å². The average Bonchev–Trinajstić information content (AvgIpc) is 2.93. The molecule has 3 N–H and O–H groups in total. The van der Waals surface area contributed by atoms with E-state index in [4.69, 9.17) is 20.1 Å². The van der Waals surface area contributed by atoms with Crippen LogP contribution >= 0.6 is 0 Å². The summed E-state index contributed by atoms with van der Waals surface area (Å²) in [5.41, 5.74) is 6.27. The monoisotopic (exact) mass is 482 g/mol. The lowest BCUT2D eigenvalue weighted by Crippen LogP contribution is -2.36. The summed E-state index contributed by atoms with van der Waals surface area (Å²) in [6, 6.07) is 15.3. The van der Waals surface area contributed by atoms with E-state index in [1.165, 1.54) is 0 Å². The van der Waals surface area contributed by atoms with E-state index in [0.717, 1.165) is 61.5 Å². The maximum absolute atomic E-state index is 11.9. The molecule has 184 valence electrons. The van der Waals surface area contributed by atoms with Crippen molar-refractivity contribution < 1.29 is 9.53 Å². The SMILES string of the molecule is CCCC(=N)c1cccc(-c2cc3c(c(Nc4ccc(N5CCOCC5)cc4)n2)C(C=O)NC=C3)n1. The van der Waals surface area contributed by atoms with Crippen LogP contribution in [0.15, 0.2) is 54.7 Å². The predicted octanol–water partition coefficient (Wildman–Crippen LogP) is 4.71. The summed E-state index contributed by atoms with van der Waals surface area (Å²) in [4.78, 5) is 23.8. The van der Waals surface area contributed by atoms with Crippen LogP contribution < -0.4 is 15.5 Å². The number of anilines is 3. The molecule has 2 aliphatic heterocycles. The molecule has 1 fully saturated rings. The number of nitrogens with one attached hydrogen (secondary N) is 3. The van der Waals surface area contributed by atoms with Crippen molar-refractivity contribution in [3.8, 4) is 11.4 Å². The van der Waals surface area contributed by atoms with E-state index >= 15 is 0 Å². The van der Waals surface area contributed by atoms with Crippen LogP contribution in [0.4, 0.5) is 17.2 Å². The molecule has 36 heavy (non-hydrogen) atoms. The molecule has 1 unspecified atom stereocenters. The summed E-state index contributed by atoms with van der Waals surface area (Å²) >= 11 is 0. The number of morpholine rings is 1. The molecule has 0 aliphatic carbocycles. The van der Waals surface area contributed by atoms with Crippen LogP contribution in [0.2, 0.25) is 0 Å². The Labute approximate surface area is 210 Å². The van der Waals surface area contributed by atoms with Gasteiger partial charge in [-0.2, -0.15) is 0 Å². The highest BCUT2D eigenvalue weighted by molar-refractivity contribution is 5.96. The molecule has 0 amide bonds. The van der Waals surface area contributed by atoms with Crippen LogP contribution in [-0.2, 0) is 9.53 Å². The van der Waals surface area contributed by atoms with Gasteiger partial charge in [-0.25, -0.2) is 9.97 Å². The molecule has 0 radical (unpaired) electrons. The van der Waals surface area contributed by atoms with Crippen LogP contribution in [0.1, 0.15) is 42.6 Å². The lowest BCUT2D eigenvalue weighted by molar-refractivity contribution is -0.109. The summed E-state index contributed by atoms with van der Waals surface area (Å²) in [5.74, 6) is 0.603. The topological polar surface area (TPSA) is 103 Å². The third-order valence-electron chi connectivity index (χ3n) is 6.40. The van der Waals surface area contributed by atoms with Gasteiger partial charge in [0.25, 0.3) is 0 Å². The third-order valence-corrected chi connectivity index (χ3v) is 6.40. The highest BCUT2D eigenvalue weighted by atomic mass is 16.5. The molecule has 8 heteroatoms. The number of aromatic nitrogens is 2. The van der Waals surface area contributed by atoms with Crippen molar-refractivity contribution >= 4 is 35.3 Å². The second kappa shape index (κ2) is 10.7. The molecule has 5 rings (SSSR count). The van der Waals surface area contributed by atoms with E-state index in [1.54, 1.807) is 6.20 Å². The van der Waals surface area contributed by atoms with Crippen molar-refractivity contribution in [2.45, 2.75) is 25.8 Å². The van der Waals surface area contributed by atoms with E-state index in [2.05, 4.69) is 34.6 Å². The number of pyridine rings is 2. The molecule has 0 spiro atoms. The van der Waals surface area contributed by atoms with E-state index in [-0.39, 0.29) is 0 Å². The van der Waals surface area contributed by atoms with Gasteiger partial charge in [-0.15, -0.1) is 0 Å². The van der Waals surface area contributed by atoms with Crippen molar-refractivity contribution in [3.63, 3.8) is 0 Å². The molecule has 2 aliphatic rings. The molecule has 0 bridgehead atoms. The maximum Gasteiger partial charge on any atom is 0.146 e. The molecule has 1 saturated heterocycles. The van der Waals surface area contributed by atoms with E-state index in [9.17, 15) is 4.79 Å². The molecular formula is C28H30N6O2. The molecule has 8 nitrogen and oxygen atoms in total. The number of hydrogen-bond acceptors (Lipinski definition) is 8. The van der Waals surface area contributed by atoms with Gasteiger partial charge in [0.05, 0.1) is 36.0 Å². The van der Waals surface area contributed by atoms with Crippen LogP contribution in [0.25, 0.3) is 17.5 Å². The Morgan fingerprint density at radius 1 is 1.17 bits per heavy atom. The van der Waals surface area contributed by atoms with Crippen molar-refractivity contribution in [2.75, 3.05) is 36.5 Å². The number of benzene rings is 1. The summed E-state index contributed by atoms with van der Waals surface area (Å²) in [6.07, 6.45) is 6.19. The van der Waals surface area contributed by atoms with E-state index in [0.29, 0.717) is 35.0 Å². The first-order chi connectivity index (χ1) is 17.7. The van der Waals surface area contributed by atoms with Gasteiger partial charge < -0.3 is 30.5 Å². The lowest BCUT2D eigenvalue weighted by Gasteiger charge is -2.29. The number of fused-ring (bicyclic) bond motifs is 1. The van der Waals surface area contributed by atoms with Gasteiger partial charge in [0.1, 0.15) is 18.1 Å². The Hall–Kier alpha value is -4.04. The minimum Gasteiger partial charge on any atom is -0.378 e. The smallest absolute Gasteiger partial charge is 0.146 e. The summed E-state index contributed by atoms with van der Waals surface area (Å²) in [6.45, 7) is 5.29. The first-order valence-electron chi connectivity index (χ1n) is 12.3. The van der Waals surface area contributed by atoms with Crippen LogP contribution in [0.3, 0.4) is 0 Å². The van der Waals surface area contributed by atoms with Gasteiger partial charge in [0.15, 0.2) is 0 Å². The fourth-order valence-corrected chi connectivity index (χ4v) is 4.54. The number of carbonyl (C=O) groups is 1.